The Morgan fingerprint density at radius 3 is 2.21 bits per heavy atom. The highest BCUT2D eigenvalue weighted by atomic mass is 19.2. The van der Waals surface area contributed by atoms with Crippen molar-refractivity contribution >= 4 is 6.08 Å². The van der Waals surface area contributed by atoms with E-state index in [1.54, 1.807) is 43.3 Å². The fraction of sp³-hybridized carbons (Fsp3) is 0.0833. The molecular weight excluding hydrogens is 361 g/mol. The Labute approximate surface area is 162 Å². The van der Waals surface area contributed by atoms with Gasteiger partial charge in [0.25, 0.3) is 0 Å². The van der Waals surface area contributed by atoms with Crippen LogP contribution in [0, 0.1) is 29.3 Å². The third-order valence-electron chi connectivity index (χ3n) is 4.11. The molecule has 0 radical (unpaired) electrons. The van der Waals surface area contributed by atoms with E-state index in [1.165, 1.54) is 24.3 Å². The Morgan fingerprint density at radius 2 is 1.57 bits per heavy atom. The van der Waals surface area contributed by atoms with Crippen molar-refractivity contribution in [3.63, 3.8) is 0 Å². The van der Waals surface area contributed by atoms with Crippen LogP contribution >= 0.6 is 0 Å². The number of benzene rings is 3. The maximum atomic E-state index is 14.3. The monoisotopic (exact) mass is 378 g/mol. The van der Waals surface area contributed by atoms with Gasteiger partial charge in [-0.3, -0.25) is 0 Å². The second kappa shape index (κ2) is 8.49. The summed E-state index contributed by atoms with van der Waals surface area (Å²) < 4.78 is 47.2. The highest BCUT2D eigenvalue weighted by molar-refractivity contribution is 5.66. The lowest BCUT2D eigenvalue weighted by molar-refractivity contribution is 0.314. The van der Waals surface area contributed by atoms with Gasteiger partial charge in [0, 0.05) is 22.3 Å². The summed E-state index contributed by atoms with van der Waals surface area (Å²) >= 11 is 0. The molecule has 0 heterocycles. The fourth-order valence-electron chi connectivity index (χ4n) is 2.67. The van der Waals surface area contributed by atoms with Gasteiger partial charge in [-0.2, -0.15) is 4.39 Å². The molecule has 28 heavy (non-hydrogen) atoms. The van der Waals surface area contributed by atoms with Gasteiger partial charge in [0.1, 0.15) is 5.82 Å². The molecule has 0 aromatic heterocycles. The van der Waals surface area contributed by atoms with Gasteiger partial charge in [0.15, 0.2) is 11.6 Å². The topological polar surface area (TPSA) is 9.23 Å². The van der Waals surface area contributed by atoms with E-state index in [0.29, 0.717) is 22.3 Å². The molecule has 0 bridgehead atoms. The Kier molecular flexibility index (Phi) is 5.86. The van der Waals surface area contributed by atoms with Crippen molar-refractivity contribution in [2.75, 3.05) is 6.61 Å². The summed E-state index contributed by atoms with van der Waals surface area (Å²) in [6, 6.07) is 14.3. The molecule has 0 N–H and O–H groups in total. The van der Waals surface area contributed by atoms with Crippen molar-refractivity contribution in [3.8, 4) is 28.7 Å². The highest BCUT2D eigenvalue weighted by Crippen LogP contribution is 2.30. The van der Waals surface area contributed by atoms with Crippen molar-refractivity contribution in [3.05, 3.63) is 95.3 Å². The molecule has 0 unspecified atom stereocenters. The molecule has 1 nitrogen and oxygen atoms in total. The van der Waals surface area contributed by atoms with Crippen LogP contribution in [-0.2, 0) is 0 Å². The average Bonchev–Trinajstić information content (AvgIpc) is 2.71. The minimum Gasteiger partial charge on any atom is -0.491 e. The van der Waals surface area contributed by atoms with Crippen molar-refractivity contribution in [1.82, 2.24) is 0 Å². The SMILES string of the molecule is C=Cc1ccc(C#Cc2ccc(-c3ccc(OCC)c(F)c3F)cc2)cc1F. The minimum atomic E-state index is -1.01. The molecule has 0 aliphatic heterocycles. The summed E-state index contributed by atoms with van der Waals surface area (Å²) in [7, 11) is 0. The van der Waals surface area contributed by atoms with E-state index < -0.39 is 11.6 Å². The second-order valence-corrected chi connectivity index (χ2v) is 5.94. The van der Waals surface area contributed by atoms with E-state index in [0.717, 1.165) is 0 Å². The quantitative estimate of drug-likeness (QED) is 0.490. The van der Waals surface area contributed by atoms with E-state index in [9.17, 15) is 13.2 Å². The van der Waals surface area contributed by atoms with Crippen LogP contribution in [-0.4, -0.2) is 6.61 Å². The molecule has 0 amide bonds. The first-order valence-corrected chi connectivity index (χ1v) is 8.68. The summed E-state index contributed by atoms with van der Waals surface area (Å²) in [4.78, 5) is 0. The molecule has 0 atom stereocenters. The molecule has 3 aromatic rings. The molecule has 0 fully saturated rings. The van der Waals surface area contributed by atoms with E-state index in [4.69, 9.17) is 4.74 Å². The molecule has 3 rings (SSSR count). The first kappa shape index (κ1) is 19.3. The number of hydrogen-bond acceptors (Lipinski definition) is 1. The predicted molar refractivity (Wildman–Crippen MR) is 105 cm³/mol. The second-order valence-electron chi connectivity index (χ2n) is 5.94. The fourth-order valence-corrected chi connectivity index (χ4v) is 2.67. The minimum absolute atomic E-state index is 0.110. The molecule has 3 aromatic carbocycles. The number of hydrogen-bond donors (Lipinski definition) is 0. The maximum absolute atomic E-state index is 14.3. The molecule has 0 aliphatic rings. The lowest BCUT2D eigenvalue weighted by Gasteiger charge is -2.09. The van der Waals surface area contributed by atoms with Crippen LogP contribution in [0.1, 0.15) is 23.6 Å². The molecule has 0 aliphatic carbocycles. The number of halogens is 3. The normalized spacial score (nSPS) is 10.1. The summed E-state index contributed by atoms with van der Waals surface area (Å²) in [5.74, 6) is 3.35. The van der Waals surface area contributed by atoms with E-state index in [1.807, 2.05) is 0 Å². The first-order chi connectivity index (χ1) is 13.5. The lowest BCUT2D eigenvalue weighted by atomic mass is 10.0. The van der Waals surface area contributed by atoms with Gasteiger partial charge in [0.2, 0.25) is 5.82 Å². The van der Waals surface area contributed by atoms with E-state index in [-0.39, 0.29) is 23.7 Å². The maximum Gasteiger partial charge on any atom is 0.201 e. The van der Waals surface area contributed by atoms with Crippen molar-refractivity contribution in [1.29, 1.82) is 0 Å². The number of ether oxygens (including phenoxy) is 1. The largest absolute Gasteiger partial charge is 0.491 e. The molecule has 0 saturated heterocycles. The molecular formula is C24H17F3O. The van der Waals surface area contributed by atoms with Gasteiger partial charge < -0.3 is 4.74 Å². The molecule has 140 valence electrons. The zero-order valence-electron chi connectivity index (χ0n) is 15.2. The zero-order chi connectivity index (χ0) is 20.1. The standard InChI is InChI=1S/C24H17F3O/c1-3-18-10-9-17(15-21(18)25)6-5-16-7-11-19(12-8-16)20-13-14-22(28-4-2)24(27)23(20)26/h3,7-15H,1,4H2,2H3. The van der Waals surface area contributed by atoms with Gasteiger partial charge >= 0.3 is 0 Å². The summed E-state index contributed by atoms with van der Waals surface area (Å²) in [6.07, 6.45) is 1.44. The average molecular weight is 378 g/mol. The lowest BCUT2D eigenvalue weighted by Crippen LogP contribution is -1.98. The van der Waals surface area contributed by atoms with Crippen LogP contribution in [0.3, 0.4) is 0 Å². The third-order valence-corrected chi connectivity index (χ3v) is 4.11. The molecule has 0 saturated carbocycles. The summed E-state index contributed by atoms with van der Waals surface area (Å²) in [5.41, 5.74) is 2.28. The van der Waals surface area contributed by atoms with Gasteiger partial charge in [0.05, 0.1) is 6.61 Å². The van der Waals surface area contributed by atoms with Crippen LogP contribution in [0.5, 0.6) is 5.75 Å². The Morgan fingerprint density at radius 1 is 0.893 bits per heavy atom. The zero-order valence-corrected chi connectivity index (χ0v) is 15.2. The predicted octanol–water partition coefficient (Wildman–Crippen LogP) is 6.21. The number of rotatable bonds is 4. The molecule has 4 heteroatoms. The van der Waals surface area contributed by atoms with Crippen LogP contribution in [0.25, 0.3) is 17.2 Å². The van der Waals surface area contributed by atoms with Crippen molar-refractivity contribution in [2.24, 2.45) is 0 Å². The van der Waals surface area contributed by atoms with Crippen LogP contribution in [0.2, 0.25) is 0 Å². The summed E-state index contributed by atoms with van der Waals surface area (Å²) in [5, 5.41) is 0. The van der Waals surface area contributed by atoms with Crippen LogP contribution < -0.4 is 4.74 Å². The van der Waals surface area contributed by atoms with Crippen LogP contribution in [0.15, 0.2) is 61.2 Å². The third kappa shape index (κ3) is 4.10. The van der Waals surface area contributed by atoms with Crippen molar-refractivity contribution in [2.45, 2.75) is 6.92 Å². The van der Waals surface area contributed by atoms with Crippen LogP contribution in [0.4, 0.5) is 13.2 Å². The van der Waals surface area contributed by atoms with Gasteiger partial charge in [-0.25, -0.2) is 8.78 Å². The van der Waals surface area contributed by atoms with Crippen molar-refractivity contribution < 1.29 is 17.9 Å². The Hall–Kier alpha value is -3.45. The molecule has 0 spiro atoms. The highest BCUT2D eigenvalue weighted by Gasteiger charge is 2.15. The Bertz CT molecular complexity index is 1070. The Balaban J connectivity index is 1.84. The van der Waals surface area contributed by atoms with E-state index in [2.05, 4.69) is 18.4 Å². The first-order valence-electron chi connectivity index (χ1n) is 8.68. The van der Waals surface area contributed by atoms with E-state index >= 15 is 0 Å². The van der Waals surface area contributed by atoms with Gasteiger partial charge in [-0.1, -0.05) is 42.7 Å². The smallest absolute Gasteiger partial charge is 0.201 e. The van der Waals surface area contributed by atoms with Gasteiger partial charge in [-0.15, -0.1) is 0 Å². The van der Waals surface area contributed by atoms with Gasteiger partial charge in [-0.05, 0) is 48.9 Å². The summed E-state index contributed by atoms with van der Waals surface area (Å²) in [6.45, 7) is 5.50.